The normalized spacial score (nSPS) is 10.6. The lowest BCUT2D eigenvalue weighted by Crippen LogP contribution is -2.00. The predicted octanol–water partition coefficient (Wildman–Crippen LogP) is 6.54. The maximum Gasteiger partial charge on any atom is -0.00168 e. The molecule has 0 fully saturated rings. The lowest BCUT2D eigenvalue weighted by Gasteiger charge is -2.16. The third kappa shape index (κ3) is 3.75. The zero-order valence-corrected chi connectivity index (χ0v) is 14.8. The van der Waals surface area contributed by atoms with E-state index in [9.17, 15) is 0 Å². The average molecular weight is 334 g/mol. The lowest BCUT2D eigenvalue weighted by atomic mass is 9.88. The molecule has 126 valence electrons. The van der Waals surface area contributed by atoms with Crippen LogP contribution in [-0.4, -0.2) is 0 Å². The minimum absolute atomic E-state index is 0.952. The van der Waals surface area contributed by atoms with Gasteiger partial charge >= 0.3 is 0 Å². The molecule has 26 heavy (non-hydrogen) atoms. The fourth-order valence-electron chi connectivity index (χ4n) is 3.51. The number of rotatable bonds is 5. The zero-order chi connectivity index (χ0) is 17.6. The van der Waals surface area contributed by atoms with Crippen molar-refractivity contribution in [3.05, 3.63) is 131 Å². The Morgan fingerprint density at radius 1 is 0.423 bits per heavy atom. The van der Waals surface area contributed by atoms with Gasteiger partial charge in [-0.25, -0.2) is 0 Å². The predicted molar refractivity (Wildman–Crippen MR) is 110 cm³/mol. The maximum atomic E-state index is 2.28. The van der Waals surface area contributed by atoms with Crippen molar-refractivity contribution in [3.63, 3.8) is 0 Å². The second kappa shape index (κ2) is 7.84. The molecule has 0 saturated carbocycles. The van der Waals surface area contributed by atoms with Gasteiger partial charge < -0.3 is 0 Å². The van der Waals surface area contributed by atoms with Crippen molar-refractivity contribution in [2.75, 3.05) is 0 Å². The monoisotopic (exact) mass is 334 g/mol. The minimum atomic E-state index is 0.952. The lowest BCUT2D eigenvalue weighted by molar-refractivity contribution is 1.09. The molecule has 0 nitrogen and oxygen atoms in total. The van der Waals surface area contributed by atoms with Crippen LogP contribution in [0.4, 0.5) is 0 Å². The van der Waals surface area contributed by atoms with Gasteiger partial charge in [-0.1, -0.05) is 109 Å². The molecule has 0 N–H and O–H groups in total. The molecule has 0 aliphatic rings. The van der Waals surface area contributed by atoms with Crippen LogP contribution in [0, 0.1) is 0 Å². The highest BCUT2D eigenvalue weighted by Gasteiger charge is 2.11. The van der Waals surface area contributed by atoms with E-state index in [1.807, 2.05) is 0 Å². The van der Waals surface area contributed by atoms with Crippen molar-refractivity contribution < 1.29 is 0 Å². The van der Waals surface area contributed by atoms with Crippen molar-refractivity contribution in [2.45, 2.75) is 12.8 Å². The highest BCUT2D eigenvalue weighted by atomic mass is 14.2. The van der Waals surface area contributed by atoms with Gasteiger partial charge in [0, 0.05) is 0 Å². The van der Waals surface area contributed by atoms with E-state index in [1.54, 1.807) is 0 Å². The summed E-state index contributed by atoms with van der Waals surface area (Å²) in [5.41, 5.74) is 8.16. The van der Waals surface area contributed by atoms with E-state index in [0.717, 1.165) is 12.8 Å². The van der Waals surface area contributed by atoms with Gasteiger partial charge in [0.25, 0.3) is 0 Å². The Labute approximate surface area is 155 Å². The van der Waals surface area contributed by atoms with E-state index in [2.05, 4.69) is 109 Å². The smallest absolute Gasteiger partial charge is 0.00168 e. The first-order chi connectivity index (χ1) is 12.9. The van der Waals surface area contributed by atoms with Gasteiger partial charge in [0.2, 0.25) is 0 Å². The summed E-state index contributed by atoms with van der Waals surface area (Å²) in [5, 5.41) is 0. The average Bonchev–Trinajstić information content (AvgIpc) is 2.71. The van der Waals surface area contributed by atoms with Crippen LogP contribution in [-0.2, 0) is 12.8 Å². The summed E-state index contributed by atoms with van der Waals surface area (Å²) in [6, 6.07) is 38.9. The third-order valence-corrected chi connectivity index (χ3v) is 4.82. The summed E-state index contributed by atoms with van der Waals surface area (Å²) in [5.74, 6) is 0. The largest absolute Gasteiger partial charge is 0.0622 e. The van der Waals surface area contributed by atoms with E-state index in [4.69, 9.17) is 0 Å². The highest BCUT2D eigenvalue weighted by molar-refractivity contribution is 5.69. The molecule has 0 amide bonds. The van der Waals surface area contributed by atoms with Gasteiger partial charge in [-0.15, -0.1) is 0 Å². The molecule has 4 aromatic rings. The fraction of sp³-hybridized carbons (Fsp3) is 0.0769. The van der Waals surface area contributed by atoms with Crippen LogP contribution in [0.5, 0.6) is 0 Å². The summed E-state index contributed by atoms with van der Waals surface area (Å²) in [4.78, 5) is 0. The van der Waals surface area contributed by atoms with Gasteiger partial charge in [-0.05, 0) is 46.2 Å². The molecule has 0 aliphatic carbocycles. The van der Waals surface area contributed by atoms with E-state index in [-0.39, 0.29) is 0 Å². The van der Waals surface area contributed by atoms with Crippen molar-refractivity contribution in [1.82, 2.24) is 0 Å². The van der Waals surface area contributed by atoms with Crippen molar-refractivity contribution in [3.8, 4) is 11.1 Å². The highest BCUT2D eigenvalue weighted by Crippen LogP contribution is 2.29. The second-order valence-corrected chi connectivity index (χ2v) is 6.63. The molecule has 0 heterocycles. The molecule has 0 atom stereocenters. The Balaban J connectivity index is 1.80. The van der Waals surface area contributed by atoms with Crippen LogP contribution in [0.1, 0.15) is 22.3 Å². The molecule has 0 bridgehead atoms. The van der Waals surface area contributed by atoms with E-state index in [1.165, 1.54) is 33.4 Å². The van der Waals surface area contributed by atoms with E-state index >= 15 is 0 Å². The second-order valence-electron chi connectivity index (χ2n) is 6.63. The van der Waals surface area contributed by atoms with Gasteiger partial charge in [0.15, 0.2) is 0 Å². The van der Waals surface area contributed by atoms with Gasteiger partial charge in [-0.3, -0.25) is 0 Å². The number of hydrogen-bond donors (Lipinski definition) is 0. The first-order valence-electron chi connectivity index (χ1n) is 9.14. The van der Waals surface area contributed by atoms with Crippen molar-refractivity contribution in [1.29, 1.82) is 0 Å². The molecule has 0 aliphatic heterocycles. The van der Waals surface area contributed by atoms with Gasteiger partial charge in [-0.2, -0.15) is 0 Å². The quantitative estimate of drug-likeness (QED) is 0.389. The Morgan fingerprint density at radius 2 is 0.962 bits per heavy atom. The molecule has 4 rings (SSSR count). The Bertz CT molecular complexity index is 955. The topological polar surface area (TPSA) is 0 Å². The van der Waals surface area contributed by atoms with E-state index in [0.29, 0.717) is 0 Å². The molecule has 0 aromatic heterocycles. The Hall–Kier alpha value is -3.12. The summed E-state index contributed by atoms with van der Waals surface area (Å²) in [6.45, 7) is 0. The molecular weight excluding hydrogens is 312 g/mol. The van der Waals surface area contributed by atoms with Crippen LogP contribution in [0.25, 0.3) is 11.1 Å². The molecule has 0 unspecified atom stereocenters. The van der Waals surface area contributed by atoms with Gasteiger partial charge in [0.1, 0.15) is 0 Å². The van der Waals surface area contributed by atoms with Crippen molar-refractivity contribution >= 4 is 0 Å². The Kier molecular flexibility index (Phi) is 4.93. The molecule has 4 aromatic carbocycles. The van der Waals surface area contributed by atoms with E-state index < -0.39 is 0 Å². The van der Waals surface area contributed by atoms with Crippen LogP contribution in [0.2, 0.25) is 0 Å². The van der Waals surface area contributed by atoms with Crippen LogP contribution in [0.3, 0.4) is 0 Å². The van der Waals surface area contributed by atoms with Crippen molar-refractivity contribution in [2.24, 2.45) is 0 Å². The number of hydrogen-bond acceptors (Lipinski definition) is 0. The van der Waals surface area contributed by atoms with Crippen LogP contribution in [0.15, 0.2) is 109 Å². The standard InChI is InChI=1S/C26H22/c1-4-11-21(12-5-1)19-24-17-10-18-25(23-15-8-3-9-16-23)26(24)20-22-13-6-2-7-14-22/h1-18H,19-20H2. The molecule has 0 radical (unpaired) electrons. The van der Waals surface area contributed by atoms with Crippen LogP contribution < -0.4 is 0 Å². The summed E-state index contributed by atoms with van der Waals surface area (Å²) in [6.07, 6.45) is 1.91. The first kappa shape index (κ1) is 16.4. The Morgan fingerprint density at radius 3 is 1.58 bits per heavy atom. The molecule has 0 saturated heterocycles. The summed E-state index contributed by atoms with van der Waals surface area (Å²) < 4.78 is 0. The van der Waals surface area contributed by atoms with Gasteiger partial charge in [0.05, 0.1) is 0 Å². The summed E-state index contributed by atoms with van der Waals surface area (Å²) in [7, 11) is 0. The number of benzene rings is 4. The first-order valence-corrected chi connectivity index (χ1v) is 9.14. The SMILES string of the molecule is c1ccc(Cc2cccc(-c3ccccc3)c2Cc2ccccc2)cc1. The molecule has 0 heteroatoms. The summed E-state index contributed by atoms with van der Waals surface area (Å²) >= 11 is 0. The maximum absolute atomic E-state index is 2.28. The third-order valence-electron chi connectivity index (χ3n) is 4.82. The fourth-order valence-corrected chi connectivity index (χ4v) is 3.51. The molecule has 0 spiro atoms. The molecular formula is C26H22. The minimum Gasteiger partial charge on any atom is -0.0622 e. The van der Waals surface area contributed by atoms with Crippen LogP contribution >= 0.6 is 0 Å². The zero-order valence-electron chi connectivity index (χ0n) is 14.8.